The van der Waals surface area contributed by atoms with Gasteiger partial charge in [0.1, 0.15) is 12.3 Å². The lowest BCUT2D eigenvalue weighted by Crippen LogP contribution is -2.59. The number of fused-ring (bicyclic) bond motifs is 2. The standard InChI is InChI=1S/C42H48F2N10O3/c1-26-21-32(7-8-34(26)54-19-13-37(55)50-41(54)56)53-18-12-36(42(43,44)25-53)51-15-9-29(10-16-51)28-3-5-31(6-4-28)48-40-47-22-30-11-17-52(24-33(30)49-40)35-23-46-39-38(27(35)2)45-14-20-57-39/h3-8,21-23,29,36,45H,9-20,24-25H2,1-2H3,(H,47,48,49)(H,50,55,56). The van der Waals surface area contributed by atoms with Gasteiger partial charge >= 0.3 is 6.03 Å². The van der Waals surface area contributed by atoms with E-state index in [-0.39, 0.29) is 18.9 Å². The zero-order valence-corrected chi connectivity index (χ0v) is 32.4. The normalized spacial score (nSPS) is 21.3. The molecule has 2 aromatic heterocycles. The highest BCUT2D eigenvalue weighted by atomic mass is 19.3. The fourth-order valence-electron chi connectivity index (χ4n) is 9.14. The first-order valence-electron chi connectivity index (χ1n) is 20.0. The number of aromatic nitrogens is 3. The van der Waals surface area contributed by atoms with E-state index in [0.29, 0.717) is 74.9 Å². The van der Waals surface area contributed by atoms with Crippen LogP contribution in [0.25, 0.3) is 0 Å². The third-order valence-electron chi connectivity index (χ3n) is 12.3. The van der Waals surface area contributed by atoms with Crippen LogP contribution in [0.15, 0.2) is 54.9 Å². The number of piperidine rings is 2. The molecule has 0 radical (unpaired) electrons. The van der Waals surface area contributed by atoms with E-state index in [1.165, 1.54) is 10.5 Å². The summed E-state index contributed by atoms with van der Waals surface area (Å²) < 4.78 is 37.4. The predicted octanol–water partition coefficient (Wildman–Crippen LogP) is 6.14. The molecule has 4 aromatic rings. The molecule has 0 bridgehead atoms. The molecule has 3 N–H and O–H groups in total. The number of aryl methyl sites for hydroxylation is 1. The van der Waals surface area contributed by atoms with E-state index < -0.39 is 18.0 Å². The average molecular weight is 779 g/mol. The Balaban J connectivity index is 0.782. The Hall–Kier alpha value is -5.57. The summed E-state index contributed by atoms with van der Waals surface area (Å²) in [6.45, 7) is 8.60. The molecule has 5 aliphatic heterocycles. The number of amides is 3. The highest BCUT2D eigenvalue weighted by Crippen LogP contribution is 2.39. The number of anilines is 6. The van der Waals surface area contributed by atoms with Gasteiger partial charge in [-0.2, -0.15) is 0 Å². The van der Waals surface area contributed by atoms with Gasteiger partial charge in [-0.25, -0.2) is 28.5 Å². The minimum atomic E-state index is -2.88. The molecule has 13 nitrogen and oxygen atoms in total. The number of ether oxygens (including phenoxy) is 1. The number of urea groups is 1. The van der Waals surface area contributed by atoms with Gasteiger partial charge in [0, 0.05) is 61.4 Å². The van der Waals surface area contributed by atoms with Crippen molar-refractivity contribution in [1.29, 1.82) is 0 Å². The number of nitrogens with zero attached hydrogens (tertiary/aromatic N) is 7. The summed E-state index contributed by atoms with van der Waals surface area (Å²) in [5, 5.41) is 9.16. The van der Waals surface area contributed by atoms with Crippen molar-refractivity contribution in [1.82, 2.24) is 25.2 Å². The van der Waals surface area contributed by atoms with Crippen LogP contribution in [0, 0.1) is 13.8 Å². The van der Waals surface area contributed by atoms with Crippen molar-refractivity contribution in [2.75, 3.05) is 77.8 Å². The van der Waals surface area contributed by atoms with Crippen LogP contribution in [-0.4, -0.2) is 96.2 Å². The molecule has 9 rings (SSSR count). The first-order chi connectivity index (χ1) is 27.6. The minimum Gasteiger partial charge on any atom is -0.474 e. The molecule has 1 atom stereocenters. The van der Waals surface area contributed by atoms with Crippen LogP contribution in [0.5, 0.6) is 5.88 Å². The zero-order valence-electron chi connectivity index (χ0n) is 32.4. The van der Waals surface area contributed by atoms with Crippen LogP contribution >= 0.6 is 0 Å². The first kappa shape index (κ1) is 37.0. The number of benzene rings is 2. The van der Waals surface area contributed by atoms with Crippen LogP contribution < -0.4 is 35.4 Å². The average Bonchev–Trinajstić information content (AvgIpc) is 3.21. The number of pyridine rings is 1. The summed E-state index contributed by atoms with van der Waals surface area (Å²) in [7, 11) is 0. The van der Waals surface area contributed by atoms with Gasteiger partial charge in [0.25, 0.3) is 5.92 Å². The maximum absolute atomic E-state index is 15.8. The SMILES string of the molecule is Cc1cc(N2CCC(N3CCC(c4ccc(Nc5ncc6c(n5)CN(c5cnc7c(c5C)NCCO7)CC6)cc4)CC3)C(F)(F)C2)ccc1N1CCC(=O)NC1=O. The lowest BCUT2D eigenvalue weighted by atomic mass is 9.87. The largest absolute Gasteiger partial charge is 0.474 e. The van der Waals surface area contributed by atoms with E-state index in [2.05, 4.69) is 49.9 Å². The third kappa shape index (κ3) is 7.40. The monoisotopic (exact) mass is 778 g/mol. The third-order valence-corrected chi connectivity index (χ3v) is 12.3. The topological polar surface area (TPSA) is 131 Å². The summed E-state index contributed by atoms with van der Waals surface area (Å²) in [6.07, 6.45) is 6.92. The highest BCUT2D eigenvalue weighted by molar-refractivity contribution is 6.06. The second-order valence-electron chi connectivity index (χ2n) is 15.8. The molecule has 7 heterocycles. The van der Waals surface area contributed by atoms with Crippen LogP contribution in [0.1, 0.15) is 59.5 Å². The summed E-state index contributed by atoms with van der Waals surface area (Å²) in [6, 6.07) is 12.5. The van der Waals surface area contributed by atoms with E-state index in [1.807, 2.05) is 42.4 Å². The summed E-state index contributed by atoms with van der Waals surface area (Å²) in [5.41, 5.74) is 9.62. The van der Waals surface area contributed by atoms with Crippen molar-refractivity contribution in [2.24, 2.45) is 0 Å². The second-order valence-corrected chi connectivity index (χ2v) is 15.8. The van der Waals surface area contributed by atoms with Crippen LogP contribution in [0.2, 0.25) is 0 Å². The summed E-state index contributed by atoms with van der Waals surface area (Å²) >= 11 is 0. The maximum Gasteiger partial charge on any atom is 0.328 e. The molecule has 15 heteroatoms. The molecule has 0 saturated carbocycles. The van der Waals surface area contributed by atoms with Crippen LogP contribution in [-0.2, 0) is 17.8 Å². The van der Waals surface area contributed by atoms with Crippen LogP contribution in [0.4, 0.5) is 48.0 Å². The number of hydrogen-bond donors (Lipinski definition) is 3. The first-order valence-corrected chi connectivity index (χ1v) is 20.0. The van der Waals surface area contributed by atoms with Crippen molar-refractivity contribution >= 4 is 46.3 Å². The number of alkyl halides is 2. The molecule has 298 valence electrons. The molecule has 57 heavy (non-hydrogen) atoms. The number of halogens is 2. The lowest BCUT2D eigenvalue weighted by molar-refractivity contribution is -0.120. The van der Waals surface area contributed by atoms with Gasteiger partial charge in [-0.05, 0) is 106 Å². The van der Waals surface area contributed by atoms with E-state index in [0.717, 1.165) is 71.8 Å². The molecule has 3 fully saturated rings. The fourth-order valence-corrected chi connectivity index (χ4v) is 9.14. The quantitative estimate of drug-likeness (QED) is 0.200. The minimum absolute atomic E-state index is 0.227. The number of carbonyl (C=O) groups is 2. The second kappa shape index (κ2) is 15.1. The van der Waals surface area contributed by atoms with E-state index >= 15 is 8.78 Å². The Labute approximate surface area is 330 Å². The van der Waals surface area contributed by atoms with Crippen LogP contribution in [0.3, 0.4) is 0 Å². The van der Waals surface area contributed by atoms with Crippen molar-refractivity contribution in [3.05, 3.63) is 82.8 Å². The Morgan fingerprint density at radius 2 is 1.72 bits per heavy atom. The number of carbonyl (C=O) groups excluding carboxylic acids is 2. The van der Waals surface area contributed by atoms with Gasteiger partial charge in [0.05, 0.1) is 36.7 Å². The van der Waals surface area contributed by atoms with Gasteiger partial charge in [-0.15, -0.1) is 0 Å². The number of hydrogen-bond acceptors (Lipinski definition) is 11. The molecular formula is C42H48F2N10O3. The van der Waals surface area contributed by atoms with Crippen molar-refractivity contribution < 1.29 is 23.1 Å². The number of nitrogens with one attached hydrogen (secondary N) is 3. The predicted molar refractivity (Wildman–Crippen MR) is 215 cm³/mol. The maximum atomic E-state index is 15.8. The number of rotatable bonds is 7. The number of imide groups is 1. The van der Waals surface area contributed by atoms with Gasteiger partial charge < -0.3 is 25.2 Å². The van der Waals surface area contributed by atoms with Crippen molar-refractivity contribution in [3.8, 4) is 5.88 Å². The van der Waals surface area contributed by atoms with Gasteiger partial charge in [-0.1, -0.05) is 12.1 Å². The molecule has 1 unspecified atom stereocenters. The smallest absolute Gasteiger partial charge is 0.328 e. The van der Waals surface area contributed by atoms with Crippen molar-refractivity contribution in [3.63, 3.8) is 0 Å². The fraction of sp³-hybridized carbons (Fsp3) is 0.452. The van der Waals surface area contributed by atoms with Gasteiger partial charge in [-0.3, -0.25) is 19.9 Å². The summed E-state index contributed by atoms with van der Waals surface area (Å²) in [4.78, 5) is 45.6. The molecule has 2 aromatic carbocycles. The molecule has 3 amide bonds. The Bertz CT molecular complexity index is 2180. The number of likely N-dealkylation sites (tertiary alicyclic amines) is 1. The van der Waals surface area contributed by atoms with Crippen molar-refractivity contribution in [2.45, 2.75) is 70.4 Å². The van der Waals surface area contributed by atoms with E-state index in [4.69, 9.17) is 9.72 Å². The van der Waals surface area contributed by atoms with Gasteiger partial charge in [0.2, 0.25) is 17.7 Å². The van der Waals surface area contributed by atoms with E-state index in [1.54, 1.807) is 17.0 Å². The molecule has 0 spiro atoms. The lowest BCUT2D eigenvalue weighted by Gasteiger charge is -2.46. The molecule has 3 saturated heterocycles. The van der Waals surface area contributed by atoms with E-state index in [9.17, 15) is 9.59 Å². The Morgan fingerprint density at radius 1 is 0.895 bits per heavy atom. The Kier molecular flexibility index (Phi) is 9.79. The molecule has 0 aliphatic carbocycles. The Morgan fingerprint density at radius 3 is 2.49 bits per heavy atom. The summed E-state index contributed by atoms with van der Waals surface area (Å²) in [5.74, 6) is -1.65. The zero-order chi connectivity index (χ0) is 39.3. The highest BCUT2D eigenvalue weighted by Gasteiger charge is 2.48. The van der Waals surface area contributed by atoms with Gasteiger partial charge in [0.15, 0.2) is 0 Å². The molecule has 5 aliphatic rings. The molecular weight excluding hydrogens is 731 g/mol.